The van der Waals surface area contributed by atoms with Crippen molar-refractivity contribution in [3.63, 3.8) is 0 Å². The van der Waals surface area contributed by atoms with Gasteiger partial charge in [-0.25, -0.2) is 9.18 Å². The highest BCUT2D eigenvalue weighted by Crippen LogP contribution is 2.31. The Morgan fingerprint density at radius 3 is 2.42 bits per heavy atom. The summed E-state index contributed by atoms with van der Waals surface area (Å²) >= 11 is 6.10. The van der Waals surface area contributed by atoms with Gasteiger partial charge in [-0.3, -0.25) is 9.69 Å². The minimum Gasteiger partial charge on any atom is -0.331 e. The lowest BCUT2D eigenvalue weighted by Gasteiger charge is -2.40. The summed E-state index contributed by atoms with van der Waals surface area (Å²) in [5.74, 6) is -0.255. The van der Waals surface area contributed by atoms with Gasteiger partial charge in [-0.2, -0.15) is 0 Å². The largest absolute Gasteiger partial charge is 0.331 e. The zero-order valence-corrected chi connectivity index (χ0v) is 19.6. The van der Waals surface area contributed by atoms with Gasteiger partial charge in [0.1, 0.15) is 5.82 Å². The molecular formula is C25H28ClFN4O2. The summed E-state index contributed by atoms with van der Waals surface area (Å²) in [6.07, 6.45) is 5.27. The first kappa shape index (κ1) is 23.3. The summed E-state index contributed by atoms with van der Waals surface area (Å²) in [6, 6.07) is 11.9. The van der Waals surface area contributed by atoms with Gasteiger partial charge in [0.05, 0.1) is 5.69 Å². The highest BCUT2D eigenvalue weighted by Gasteiger charge is 2.41. The third-order valence-corrected chi connectivity index (χ3v) is 6.44. The number of rotatable bonds is 5. The number of halogens is 2. The van der Waals surface area contributed by atoms with Gasteiger partial charge in [-0.05, 0) is 54.3 Å². The molecule has 1 N–H and O–H groups in total. The molecule has 8 heteroatoms. The quantitative estimate of drug-likeness (QED) is 0.656. The first-order valence-electron chi connectivity index (χ1n) is 11.0. The minimum absolute atomic E-state index is 0.0243. The molecule has 0 aromatic heterocycles. The second-order valence-corrected chi connectivity index (χ2v) is 9.28. The minimum atomic E-state index is -0.270. The molecule has 2 saturated heterocycles. The maximum absolute atomic E-state index is 13.2. The third kappa shape index (κ3) is 5.54. The van der Waals surface area contributed by atoms with E-state index < -0.39 is 0 Å². The molecule has 2 aromatic rings. The van der Waals surface area contributed by atoms with Crippen LogP contribution in [0.1, 0.15) is 24.0 Å². The number of likely N-dealkylation sites (tertiary alicyclic amines) is 1. The zero-order chi connectivity index (χ0) is 23.5. The highest BCUT2D eigenvalue weighted by atomic mass is 35.5. The molecule has 6 nitrogen and oxygen atoms in total. The Balaban J connectivity index is 1.42. The monoisotopic (exact) mass is 470 g/mol. The van der Waals surface area contributed by atoms with Gasteiger partial charge in [0, 0.05) is 56.9 Å². The molecule has 2 unspecified atom stereocenters. The normalized spacial score (nSPS) is 20.3. The molecule has 2 heterocycles. The van der Waals surface area contributed by atoms with Crippen molar-refractivity contribution < 1.29 is 14.0 Å². The maximum Gasteiger partial charge on any atom is 0.321 e. The van der Waals surface area contributed by atoms with E-state index >= 15 is 0 Å². The molecule has 2 aliphatic rings. The van der Waals surface area contributed by atoms with Crippen molar-refractivity contribution in [2.45, 2.75) is 31.5 Å². The molecular weight excluding hydrogens is 443 g/mol. The number of benzene rings is 2. The Hall–Kier alpha value is -2.90. The van der Waals surface area contributed by atoms with E-state index in [2.05, 4.69) is 10.2 Å². The molecule has 33 heavy (non-hydrogen) atoms. The first-order valence-corrected chi connectivity index (χ1v) is 11.4. The van der Waals surface area contributed by atoms with Crippen LogP contribution < -0.4 is 5.32 Å². The van der Waals surface area contributed by atoms with Crippen molar-refractivity contribution in [2.75, 3.05) is 32.5 Å². The van der Waals surface area contributed by atoms with Crippen LogP contribution in [0.3, 0.4) is 0 Å². The van der Waals surface area contributed by atoms with Crippen LogP contribution >= 0.6 is 11.6 Å². The Morgan fingerprint density at radius 2 is 1.79 bits per heavy atom. The van der Waals surface area contributed by atoms with Crippen molar-refractivity contribution in [3.05, 3.63) is 70.5 Å². The Labute approximate surface area is 198 Å². The van der Waals surface area contributed by atoms with Crippen LogP contribution in [0.25, 0.3) is 6.08 Å². The van der Waals surface area contributed by atoms with E-state index in [-0.39, 0.29) is 29.8 Å². The molecule has 4 rings (SSSR count). The smallest absolute Gasteiger partial charge is 0.321 e. The lowest BCUT2D eigenvalue weighted by molar-refractivity contribution is -0.131. The average Bonchev–Trinajstić information content (AvgIpc) is 3.05. The summed E-state index contributed by atoms with van der Waals surface area (Å²) < 4.78 is 13.2. The van der Waals surface area contributed by atoms with Gasteiger partial charge in [0.25, 0.3) is 0 Å². The number of nitrogens with zero attached hydrogens (tertiary/aromatic N) is 3. The molecule has 2 aliphatic heterocycles. The molecule has 0 aliphatic carbocycles. The Bertz CT molecular complexity index is 1040. The average molecular weight is 471 g/mol. The van der Waals surface area contributed by atoms with Crippen LogP contribution in [0, 0.1) is 5.82 Å². The Kier molecular flexibility index (Phi) is 7.00. The van der Waals surface area contributed by atoms with E-state index in [1.54, 1.807) is 44.4 Å². The van der Waals surface area contributed by atoms with Crippen molar-refractivity contribution in [3.8, 4) is 0 Å². The predicted molar refractivity (Wildman–Crippen MR) is 129 cm³/mol. The molecule has 2 atom stereocenters. The number of urea groups is 1. The van der Waals surface area contributed by atoms with Crippen molar-refractivity contribution in [2.24, 2.45) is 0 Å². The molecule has 0 spiro atoms. The fourth-order valence-corrected chi connectivity index (χ4v) is 4.76. The number of carbonyl (C=O) groups excluding carboxylic acids is 2. The number of carbonyl (C=O) groups is 2. The number of hydrogen-bond donors (Lipinski definition) is 1. The van der Waals surface area contributed by atoms with Crippen LogP contribution in [-0.2, 0) is 11.3 Å². The van der Waals surface area contributed by atoms with E-state index in [9.17, 15) is 14.0 Å². The van der Waals surface area contributed by atoms with Crippen LogP contribution in [0.15, 0.2) is 48.5 Å². The van der Waals surface area contributed by atoms with E-state index in [1.165, 1.54) is 17.0 Å². The van der Waals surface area contributed by atoms with Crippen LogP contribution in [0.4, 0.5) is 14.9 Å². The van der Waals surface area contributed by atoms with Gasteiger partial charge < -0.3 is 15.1 Å². The number of fused-ring (bicyclic) bond motifs is 2. The zero-order valence-electron chi connectivity index (χ0n) is 18.8. The molecule has 0 radical (unpaired) electrons. The lowest BCUT2D eigenvalue weighted by atomic mass is 10.1. The van der Waals surface area contributed by atoms with Crippen LogP contribution in [0.2, 0.25) is 5.02 Å². The predicted octanol–water partition coefficient (Wildman–Crippen LogP) is 4.46. The van der Waals surface area contributed by atoms with Gasteiger partial charge in [-0.15, -0.1) is 0 Å². The lowest BCUT2D eigenvalue weighted by Crippen LogP contribution is -2.55. The van der Waals surface area contributed by atoms with E-state index in [4.69, 9.17) is 11.6 Å². The fourth-order valence-electron chi connectivity index (χ4n) is 4.58. The standard InChI is InChI=1S/C25H28ClFN4O2/c1-29(2)25(33)28-23-13-19(26)7-5-18(23)6-12-24(32)31-21-10-11-22(31)16-30(15-21)14-17-3-8-20(27)9-4-17/h3-9,12-13,21-22H,10-11,14-16H2,1-2H3,(H,28,33)/b12-6+. The SMILES string of the molecule is CN(C)C(=O)Nc1cc(Cl)ccc1/C=C/C(=O)N1C2CCC1CN(Cc1ccc(F)cc1)C2. The summed E-state index contributed by atoms with van der Waals surface area (Å²) in [4.78, 5) is 31.0. The molecule has 174 valence electrons. The van der Waals surface area contributed by atoms with Gasteiger partial charge in [0.2, 0.25) is 5.91 Å². The number of hydrogen-bond acceptors (Lipinski definition) is 3. The third-order valence-electron chi connectivity index (χ3n) is 6.20. The van der Waals surface area contributed by atoms with Crippen LogP contribution in [-0.4, -0.2) is 65.9 Å². The van der Waals surface area contributed by atoms with Gasteiger partial charge in [-0.1, -0.05) is 29.8 Å². The number of amides is 3. The molecule has 2 fully saturated rings. The van der Waals surface area contributed by atoms with Crippen LogP contribution in [0.5, 0.6) is 0 Å². The van der Waals surface area contributed by atoms with E-state index in [1.807, 2.05) is 17.0 Å². The topological polar surface area (TPSA) is 55.9 Å². The number of anilines is 1. The Morgan fingerprint density at radius 1 is 1.12 bits per heavy atom. The molecule has 0 saturated carbocycles. The van der Waals surface area contributed by atoms with Gasteiger partial charge in [0.15, 0.2) is 0 Å². The summed E-state index contributed by atoms with van der Waals surface area (Å²) in [7, 11) is 3.31. The number of piperazine rings is 1. The second-order valence-electron chi connectivity index (χ2n) is 8.84. The summed E-state index contributed by atoms with van der Waals surface area (Å²) in [6.45, 7) is 2.36. The molecule has 2 aromatic carbocycles. The first-order chi connectivity index (χ1) is 15.8. The van der Waals surface area contributed by atoms with Crippen molar-refractivity contribution >= 4 is 35.3 Å². The second kappa shape index (κ2) is 9.93. The molecule has 2 bridgehead atoms. The fraction of sp³-hybridized carbons (Fsp3) is 0.360. The molecule has 3 amide bonds. The van der Waals surface area contributed by atoms with E-state index in [0.717, 1.165) is 38.0 Å². The van der Waals surface area contributed by atoms with E-state index in [0.29, 0.717) is 16.3 Å². The highest BCUT2D eigenvalue weighted by molar-refractivity contribution is 6.31. The summed E-state index contributed by atoms with van der Waals surface area (Å²) in [5, 5.41) is 3.32. The van der Waals surface area contributed by atoms with Crippen molar-refractivity contribution in [1.29, 1.82) is 0 Å². The summed E-state index contributed by atoms with van der Waals surface area (Å²) in [5.41, 5.74) is 2.34. The number of nitrogens with one attached hydrogen (secondary N) is 1. The van der Waals surface area contributed by atoms with Crippen molar-refractivity contribution in [1.82, 2.24) is 14.7 Å². The maximum atomic E-state index is 13.2. The van der Waals surface area contributed by atoms with Gasteiger partial charge >= 0.3 is 6.03 Å².